The summed E-state index contributed by atoms with van der Waals surface area (Å²) in [4.78, 5) is 12.8. The third-order valence-electron chi connectivity index (χ3n) is 3.94. The molecule has 0 saturated carbocycles. The topological polar surface area (TPSA) is 66.5 Å². The minimum Gasteiger partial charge on any atom is -0.340 e. The molecule has 2 aromatic carbocycles. The third kappa shape index (κ3) is 5.08. The maximum atomic E-state index is 13.7. The first-order valence-electron chi connectivity index (χ1n) is 8.10. The summed E-state index contributed by atoms with van der Waals surface area (Å²) < 4.78 is 79.5. The molecule has 0 aliphatic carbocycles. The Morgan fingerprint density at radius 2 is 1.68 bits per heavy atom. The zero-order chi connectivity index (χ0) is 21.1. The Hall–Kier alpha value is -2.46. The Bertz CT molecular complexity index is 961. The van der Waals surface area contributed by atoms with E-state index in [9.17, 15) is 30.8 Å². The lowest BCUT2D eigenvalue weighted by molar-refractivity contribution is -0.139. The minimum absolute atomic E-state index is 0.130. The van der Waals surface area contributed by atoms with Crippen molar-refractivity contribution in [3.05, 3.63) is 65.5 Å². The maximum Gasteiger partial charge on any atom is 0.416 e. The first kappa shape index (κ1) is 21.8. The van der Waals surface area contributed by atoms with Gasteiger partial charge in [0.05, 0.1) is 11.6 Å². The molecule has 0 radical (unpaired) electrons. The van der Waals surface area contributed by atoms with Crippen molar-refractivity contribution in [3.8, 4) is 0 Å². The van der Waals surface area contributed by atoms with Gasteiger partial charge in [0.2, 0.25) is 15.9 Å². The number of sulfonamides is 1. The fraction of sp³-hybridized carbons (Fsp3) is 0.278. The van der Waals surface area contributed by atoms with Gasteiger partial charge < -0.3 is 4.90 Å². The fourth-order valence-corrected chi connectivity index (χ4v) is 3.88. The van der Waals surface area contributed by atoms with Crippen molar-refractivity contribution in [3.63, 3.8) is 0 Å². The molecule has 1 N–H and O–H groups in total. The quantitative estimate of drug-likeness (QED) is 0.733. The van der Waals surface area contributed by atoms with Crippen LogP contribution in [0.5, 0.6) is 0 Å². The predicted molar refractivity (Wildman–Crippen MR) is 94.1 cm³/mol. The van der Waals surface area contributed by atoms with Gasteiger partial charge in [0.25, 0.3) is 0 Å². The maximum absolute atomic E-state index is 13.7. The highest BCUT2D eigenvalue weighted by Gasteiger charge is 2.34. The van der Waals surface area contributed by atoms with Crippen LogP contribution in [0.2, 0.25) is 0 Å². The minimum atomic E-state index is -4.58. The third-order valence-corrected chi connectivity index (χ3v) is 5.51. The van der Waals surface area contributed by atoms with E-state index in [1.165, 1.54) is 44.3 Å². The molecule has 0 fully saturated rings. The van der Waals surface area contributed by atoms with Gasteiger partial charge in [-0.15, -0.1) is 0 Å². The van der Waals surface area contributed by atoms with Crippen LogP contribution in [0.1, 0.15) is 18.1 Å². The highest BCUT2D eigenvalue weighted by Crippen LogP contribution is 2.32. The second kappa shape index (κ2) is 8.27. The molecule has 0 aromatic heterocycles. The van der Waals surface area contributed by atoms with Gasteiger partial charge in [0.15, 0.2) is 0 Å². The number of carbonyl (C=O) groups excluding carboxylic acids is 1. The molecular formula is C18H18F4N2O3S. The van der Waals surface area contributed by atoms with Gasteiger partial charge in [-0.25, -0.2) is 12.8 Å². The smallest absolute Gasteiger partial charge is 0.340 e. The van der Waals surface area contributed by atoms with Gasteiger partial charge in [0, 0.05) is 13.6 Å². The number of nitrogens with zero attached hydrogens (tertiary/aromatic N) is 1. The number of halogens is 4. The van der Waals surface area contributed by atoms with E-state index in [0.717, 1.165) is 23.1 Å². The zero-order valence-corrected chi connectivity index (χ0v) is 15.8. The molecule has 2 aromatic rings. The van der Waals surface area contributed by atoms with Crippen LogP contribution in [-0.4, -0.2) is 32.3 Å². The van der Waals surface area contributed by atoms with E-state index < -0.39 is 44.4 Å². The van der Waals surface area contributed by atoms with Crippen LogP contribution in [-0.2, 0) is 27.5 Å². The van der Waals surface area contributed by atoms with E-state index in [2.05, 4.69) is 0 Å². The van der Waals surface area contributed by atoms with Gasteiger partial charge in [-0.1, -0.05) is 30.3 Å². The summed E-state index contributed by atoms with van der Waals surface area (Å²) in [5.74, 6) is -1.75. The molecule has 5 nitrogen and oxygen atoms in total. The lowest BCUT2D eigenvalue weighted by Crippen LogP contribution is -2.45. The normalized spacial score (nSPS) is 13.2. The molecule has 10 heteroatoms. The van der Waals surface area contributed by atoms with E-state index in [-0.39, 0.29) is 12.1 Å². The van der Waals surface area contributed by atoms with Crippen LogP contribution in [0, 0.1) is 5.82 Å². The number of benzene rings is 2. The number of amides is 1. The second-order valence-electron chi connectivity index (χ2n) is 6.12. The lowest BCUT2D eigenvalue weighted by atomic mass is 10.1. The van der Waals surface area contributed by atoms with Gasteiger partial charge in [-0.05, 0) is 30.7 Å². The predicted octanol–water partition coefficient (Wildman–Crippen LogP) is 3.17. The summed E-state index contributed by atoms with van der Waals surface area (Å²) >= 11 is 0. The second-order valence-corrected chi connectivity index (χ2v) is 7.81. The summed E-state index contributed by atoms with van der Waals surface area (Å²) in [6.07, 6.45) is -4.58. The van der Waals surface area contributed by atoms with E-state index in [4.69, 9.17) is 0 Å². The van der Waals surface area contributed by atoms with Crippen molar-refractivity contribution in [1.82, 2.24) is 9.62 Å². The van der Waals surface area contributed by atoms with Crippen LogP contribution >= 0.6 is 0 Å². The zero-order valence-electron chi connectivity index (χ0n) is 15.0. The van der Waals surface area contributed by atoms with Gasteiger partial charge in [0.1, 0.15) is 10.7 Å². The molecule has 0 bridgehead atoms. The number of alkyl halides is 3. The van der Waals surface area contributed by atoms with Crippen molar-refractivity contribution in [2.45, 2.75) is 30.6 Å². The van der Waals surface area contributed by atoms with Crippen molar-refractivity contribution in [2.75, 3.05) is 7.05 Å². The van der Waals surface area contributed by atoms with Crippen molar-refractivity contribution in [2.24, 2.45) is 0 Å². The molecule has 0 saturated heterocycles. The van der Waals surface area contributed by atoms with Crippen molar-refractivity contribution < 1.29 is 30.8 Å². The molecule has 0 spiro atoms. The van der Waals surface area contributed by atoms with Crippen LogP contribution in [0.15, 0.2) is 53.4 Å². The SMILES string of the molecule is C[C@H](NS(=O)(=O)c1ccccc1F)C(=O)N(C)Cc1ccccc1C(F)(F)F. The highest BCUT2D eigenvalue weighted by atomic mass is 32.2. The van der Waals surface area contributed by atoms with Gasteiger partial charge in [-0.3, -0.25) is 4.79 Å². The standard InChI is InChI=1S/C18H18F4N2O3S/c1-12(23-28(26,27)16-10-6-5-9-15(16)19)17(25)24(2)11-13-7-3-4-8-14(13)18(20,21)22/h3-10,12,23H,11H2,1-2H3/t12-/m0/s1. The van der Waals surface area contributed by atoms with E-state index in [0.29, 0.717) is 0 Å². The summed E-state index contributed by atoms with van der Waals surface area (Å²) in [7, 11) is -3.07. The van der Waals surface area contributed by atoms with Crippen molar-refractivity contribution >= 4 is 15.9 Å². The van der Waals surface area contributed by atoms with Crippen molar-refractivity contribution in [1.29, 1.82) is 0 Å². The molecule has 0 aliphatic heterocycles. The van der Waals surface area contributed by atoms with E-state index in [1.807, 2.05) is 4.72 Å². The molecule has 2 rings (SSSR count). The summed E-state index contributed by atoms with van der Waals surface area (Å²) in [6, 6.07) is 8.11. The first-order valence-corrected chi connectivity index (χ1v) is 9.58. The van der Waals surface area contributed by atoms with Gasteiger partial charge in [-0.2, -0.15) is 17.9 Å². The summed E-state index contributed by atoms with van der Waals surface area (Å²) in [5.41, 5.74) is -1.01. The number of carbonyl (C=O) groups is 1. The Balaban J connectivity index is 2.15. The molecular weight excluding hydrogens is 400 g/mol. The molecule has 0 unspecified atom stereocenters. The van der Waals surface area contributed by atoms with E-state index >= 15 is 0 Å². The number of rotatable bonds is 6. The monoisotopic (exact) mass is 418 g/mol. The molecule has 1 atom stereocenters. The summed E-state index contributed by atoms with van der Waals surface area (Å²) in [5, 5.41) is 0. The summed E-state index contributed by atoms with van der Waals surface area (Å²) in [6.45, 7) is 0.854. The lowest BCUT2D eigenvalue weighted by Gasteiger charge is -2.23. The molecule has 1 amide bonds. The Labute approximate surface area is 160 Å². The fourth-order valence-electron chi connectivity index (χ4n) is 2.61. The Morgan fingerprint density at radius 3 is 2.29 bits per heavy atom. The first-order chi connectivity index (χ1) is 12.9. The number of likely N-dealkylation sites (N-methyl/N-ethyl adjacent to an activating group) is 1. The number of nitrogens with one attached hydrogen (secondary N) is 1. The molecule has 0 heterocycles. The Morgan fingerprint density at radius 1 is 1.11 bits per heavy atom. The molecule has 152 valence electrons. The Kier molecular flexibility index (Phi) is 6.45. The van der Waals surface area contributed by atoms with E-state index in [1.54, 1.807) is 0 Å². The van der Waals surface area contributed by atoms with Crippen LogP contribution < -0.4 is 4.72 Å². The van der Waals surface area contributed by atoms with Crippen LogP contribution in [0.25, 0.3) is 0 Å². The molecule has 0 aliphatic rings. The average Bonchev–Trinajstić information content (AvgIpc) is 2.60. The highest BCUT2D eigenvalue weighted by molar-refractivity contribution is 7.89. The van der Waals surface area contributed by atoms with Gasteiger partial charge >= 0.3 is 6.18 Å². The van der Waals surface area contributed by atoms with Crippen LogP contribution in [0.4, 0.5) is 17.6 Å². The number of hydrogen-bond acceptors (Lipinski definition) is 3. The number of hydrogen-bond donors (Lipinski definition) is 1. The molecule has 28 heavy (non-hydrogen) atoms. The largest absolute Gasteiger partial charge is 0.416 e. The van der Waals surface area contributed by atoms with Crippen LogP contribution in [0.3, 0.4) is 0 Å². The average molecular weight is 418 g/mol.